The Morgan fingerprint density at radius 3 is 2.67 bits per heavy atom. The monoisotopic (exact) mass is 373 g/mol. The Bertz CT molecular complexity index is 983. The summed E-state index contributed by atoms with van der Waals surface area (Å²) in [5, 5.41) is 0.851. The normalized spacial score (nSPS) is 11.3. The van der Waals surface area contributed by atoms with Gasteiger partial charge in [0.1, 0.15) is 17.3 Å². The maximum absolute atomic E-state index is 14.1. The Balaban J connectivity index is 2.05. The summed E-state index contributed by atoms with van der Waals surface area (Å²) in [7, 11) is 3.88. The van der Waals surface area contributed by atoms with Crippen LogP contribution in [0.3, 0.4) is 0 Å². The van der Waals surface area contributed by atoms with Crippen LogP contribution in [-0.4, -0.2) is 41.1 Å². The van der Waals surface area contributed by atoms with E-state index in [0.717, 1.165) is 22.5 Å². The van der Waals surface area contributed by atoms with E-state index in [9.17, 15) is 13.6 Å². The van der Waals surface area contributed by atoms with Crippen LogP contribution in [0.4, 0.5) is 8.78 Å². The molecule has 0 aliphatic carbocycles. The highest BCUT2D eigenvalue weighted by Crippen LogP contribution is 2.25. The molecule has 5 nitrogen and oxygen atoms in total. The minimum Gasteiger partial charge on any atom is -0.461 e. The molecule has 3 rings (SSSR count). The second-order valence-electron chi connectivity index (χ2n) is 6.56. The number of benzene rings is 1. The zero-order valence-corrected chi connectivity index (χ0v) is 15.5. The largest absolute Gasteiger partial charge is 0.461 e. The van der Waals surface area contributed by atoms with Gasteiger partial charge < -0.3 is 14.2 Å². The van der Waals surface area contributed by atoms with Gasteiger partial charge in [-0.2, -0.15) is 0 Å². The molecule has 3 aromatic rings. The fourth-order valence-electron chi connectivity index (χ4n) is 3.01. The van der Waals surface area contributed by atoms with Crippen LogP contribution in [0, 0.1) is 11.6 Å². The molecule has 0 N–H and O–H groups in total. The van der Waals surface area contributed by atoms with E-state index in [1.165, 1.54) is 12.1 Å². The number of fused-ring (bicyclic) bond motifs is 1. The van der Waals surface area contributed by atoms with Crippen molar-refractivity contribution in [2.75, 3.05) is 20.7 Å². The Labute approximate surface area is 156 Å². The third-order valence-electron chi connectivity index (χ3n) is 4.18. The number of hydrogen-bond donors (Lipinski definition) is 0. The first-order valence-electron chi connectivity index (χ1n) is 8.62. The Morgan fingerprint density at radius 2 is 2.00 bits per heavy atom. The minimum absolute atomic E-state index is 0.232. The number of esters is 1. The molecule has 2 heterocycles. The average Bonchev–Trinajstić information content (AvgIpc) is 2.94. The first-order valence-corrected chi connectivity index (χ1v) is 8.62. The molecule has 27 heavy (non-hydrogen) atoms. The maximum Gasteiger partial charge on any atom is 0.356 e. The molecule has 0 saturated carbocycles. The van der Waals surface area contributed by atoms with E-state index in [4.69, 9.17) is 4.74 Å². The first-order chi connectivity index (χ1) is 12.9. The van der Waals surface area contributed by atoms with Crippen molar-refractivity contribution in [2.24, 2.45) is 0 Å². The molecule has 0 amide bonds. The number of carbonyl (C=O) groups is 1. The van der Waals surface area contributed by atoms with Gasteiger partial charge in [0.2, 0.25) is 0 Å². The SMILES string of the molecule is CCOC(=O)c1cc2c(CN(C)C)cn(Cc3ccc(F)cc3F)c2cn1. The van der Waals surface area contributed by atoms with Crippen LogP contribution >= 0.6 is 0 Å². The van der Waals surface area contributed by atoms with Gasteiger partial charge in [0.05, 0.1) is 24.9 Å². The van der Waals surface area contributed by atoms with Crippen LogP contribution in [-0.2, 0) is 17.8 Å². The van der Waals surface area contributed by atoms with Gasteiger partial charge in [-0.05, 0) is 38.7 Å². The van der Waals surface area contributed by atoms with E-state index < -0.39 is 17.6 Å². The fourth-order valence-corrected chi connectivity index (χ4v) is 3.01. The van der Waals surface area contributed by atoms with E-state index >= 15 is 0 Å². The van der Waals surface area contributed by atoms with Crippen molar-refractivity contribution in [1.82, 2.24) is 14.5 Å². The number of rotatable bonds is 6. The zero-order chi connectivity index (χ0) is 19.6. The molecule has 0 spiro atoms. The number of carbonyl (C=O) groups excluding carboxylic acids is 1. The lowest BCUT2D eigenvalue weighted by Gasteiger charge is -2.08. The van der Waals surface area contributed by atoms with Crippen molar-refractivity contribution in [1.29, 1.82) is 0 Å². The Kier molecular flexibility index (Phi) is 5.51. The lowest BCUT2D eigenvalue weighted by Crippen LogP contribution is -2.10. The van der Waals surface area contributed by atoms with Crippen molar-refractivity contribution in [2.45, 2.75) is 20.0 Å². The molecule has 142 valence electrons. The van der Waals surface area contributed by atoms with E-state index in [1.807, 2.05) is 29.8 Å². The summed E-state index contributed by atoms with van der Waals surface area (Å²) in [5.74, 6) is -1.68. The summed E-state index contributed by atoms with van der Waals surface area (Å²) in [6.45, 7) is 2.88. The lowest BCUT2D eigenvalue weighted by atomic mass is 10.1. The standard InChI is InChI=1S/C20H21F2N3O2/c1-4-27-20(26)18-8-16-14(10-24(2)3)12-25(19(16)9-23-18)11-13-5-6-15(21)7-17(13)22/h5-9,12H,4,10-11H2,1-3H3. The fraction of sp³-hybridized carbons (Fsp3) is 0.300. The quantitative estimate of drug-likeness (QED) is 0.620. The lowest BCUT2D eigenvalue weighted by molar-refractivity contribution is 0.0519. The molecule has 0 fully saturated rings. The highest BCUT2D eigenvalue weighted by Gasteiger charge is 2.16. The van der Waals surface area contributed by atoms with Crippen LogP contribution in [0.1, 0.15) is 28.5 Å². The van der Waals surface area contributed by atoms with Crippen molar-refractivity contribution >= 4 is 16.9 Å². The summed E-state index contributed by atoms with van der Waals surface area (Å²) < 4.78 is 34.1. The zero-order valence-electron chi connectivity index (χ0n) is 15.5. The highest BCUT2D eigenvalue weighted by molar-refractivity contribution is 5.93. The summed E-state index contributed by atoms with van der Waals surface area (Å²) in [6, 6.07) is 5.24. The maximum atomic E-state index is 14.1. The predicted octanol–water partition coefficient (Wildman–Crippen LogP) is 3.60. The summed E-state index contributed by atoms with van der Waals surface area (Å²) >= 11 is 0. The molecule has 0 saturated heterocycles. The molecular formula is C20H21F2N3O2. The van der Waals surface area contributed by atoms with Crippen molar-refractivity contribution in [3.05, 3.63) is 65.1 Å². The van der Waals surface area contributed by atoms with E-state index in [-0.39, 0.29) is 18.8 Å². The second-order valence-corrected chi connectivity index (χ2v) is 6.56. The first kappa shape index (κ1) is 19.0. The number of pyridine rings is 1. The van der Waals surface area contributed by atoms with Gasteiger partial charge in [0.25, 0.3) is 0 Å². The van der Waals surface area contributed by atoms with Crippen molar-refractivity contribution in [3.8, 4) is 0 Å². The molecule has 7 heteroatoms. The third-order valence-corrected chi connectivity index (χ3v) is 4.18. The molecule has 0 aliphatic heterocycles. The highest BCUT2D eigenvalue weighted by atomic mass is 19.1. The molecular weight excluding hydrogens is 352 g/mol. The van der Waals surface area contributed by atoms with Gasteiger partial charge in [0.15, 0.2) is 0 Å². The topological polar surface area (TPSA) is 47.4 Å². The van der Waals surface area contributed by atoms with Gasteiger partial charge in [0, 0.05) is 29.8 Å². The van der Waals surface area contributed by atoms with Crippen LogP contribution in [0.5, 0.6) is 0 Å². The number of hydrogen-bond acceptors (Lipinski definition) is 4. The molecule has 0 unspecified atom stereocenters. The molecule has 0 radical (unpaired) electrons. The van der Waals surface area contributed by atoms with Crippen LogP contribution < -0.4 is 0 Å². The number of aromatic nitrogens is 2. The van der Waals surface area contributed by atoms with Gasteiger partial charge in [-0.1, -0.05) is 6.07 Å². The van der Waals surface area contributed by atoms with Crippen LogP contribution in [0.25, 0.3) is 10.9 Å². The van der Waals surface area contributed by atoms with Gasteiger partial charge in [-0.25, -0.2) is 18.6 Å². The summed E-state index contributed by atoms with van der Waals surface area (Å²) in [4.78, 5) is 18.2. The van der Waals surface area contributed by atoms with Crippen molar-refractivity contribution < 1.29 is 18.3 Å². The van der Waals surface area contributed by atoms with E-state index in [0.29, 0.717) is 12.1 Å². The Morgan fingerprint density at radius 1 is 1.22 bits per heavy atom. The molecule has 2 aromatic heterocycles. The van der Waals surface area contributed by atoms with Crippen LogP contribution in [0.15, 0.2) is 36.7 Å². The molecule has 0 bridgehead atoms. The van der Waals surface area contributed by atoms with E-state index in [2.05, 4.69) is 4.98 Å². The van der Waals surface area contributed by atoms with Gasteiger partial charge in [-0.15, -0.1) is 0 Å². The smallest absolute Gasteiger partial charge is 0.356 e. The minimum atomic E-state index is -0.609. The number of ether oxygens (including phenoxy) is 1. The van der Waals surface area contributed by atoms with Gasteiger partial charge >= 0.3 is 5.97 Å². The van der Waals surface area contributed by atoms with Crippen molar-refractivity contribution in [3.63, 3.8) is 0 Å². The van der Waals surface area contributed by atoms with E-state index in [1.54, 1.807) is 19.2 Å². The second kappa shape index (κ2) is 7.84. The predicted molar refractivity (Wildman–Crippen MR) is 98.5 cm³/mol. The third kappa shape index (κ3) is 4.14. The molecule has 1 aromatic carbocycles. The Hall–Kier alpha value is -2.80. The molecule has 0 aliphatic rings. The van der Waals surface area contributed by atoms with Gasteiger partial charge in [-0.3, -0.25) is 0 Å². The van der Waals surface area contributed by atoms with Crippen LogP contribution in [0.2, 0.25) is 0 Å². The summed E-state index contributed by atoms with van der Waals surface area (Å²) in [6.07, 6.45) is 3.49. The number of nitrogens with zero attached hydrogens (tertiary/aromatic N) is 3. The average molecular weight is 373 g/mol. The summed E-state index contributed by atoms with van der Waals surface area (Å²) in [5.41, 5.74) is 2.35. The molecule has 0 atom stereocenters. The number of halogens is 2.